The van der Waals surface area contributed by atoms with Crippen LogP contribution >= 0.6 is 0 Å². The monoisotopic (exact) mass is 678 g/mol. The van der Waals surface area contributed by atoms with E-state index < -0.39 is 32.2 Å². The van der Waals surface area contributed by atoms with Gasteiger partial charge in [0, 0.05) is 12.7 Å². The van der Waals surface area contributed by atoms with Crippen molar-refractivity contribution in [3.63, 3.8) is 0 Å². The predicted octanol–water partition coefficient (Wildman–Crippen LogP) is 6.76. The minimum atomic E-state index is -4.64. The third-order valence-electron chi connectivity index (χ3n) is 8.51. The first-order chi connectivity index (χ1) is 23.6. The molecular weight excluding hydrogens is 644 g/mol. The lowest BCUT2D eigenvalue weighted by molar-refractivity contribution is 0.0450. The molecule has 0 fully saturated rings. The molecule has 0 aliphatic heterocycles. The van der Waals surface area contributed by atoms with Crippen molar-refractivity contribution in [3.05, 3.63) is 149 Å². The van der Waals surface area contributed by atoms with E-state index in [0.29, 0.717) is 19.0 Å². The van der Waals surface area contributed by atoms with E-state index in [1.54, 1.807) is 7.11 Å². The number of benzene rings is 5. The second-order valence-corrected chi connectivity index (χ2v) is 12.9. The Kier molecular flexibility index (Phi) is 9.64. The number of esters is 1. The predicted molar refractivity (Wildman–Crippen MR) is 183 cm³/mol. The van der Waals surface area contributed by atoms with Gasteiger partial charge in [-0.05, 0) is 82.8 Å². The molecule has 0 spiro atoms. The van der Waals surface area contributed by atoms with E-state index >= 15 is 0 Å². The number of ether oxygens (including phenoxy) is 4. The maximum absolute atomic E-state index is 12.7. The van der Waals surface area contributed by atoms with Crippen LogP contribution in [-0.4, -0.2) is 58.3 Å². The zero-order valence-electron chi connectivity index (χ0n) is 26.9. The number of ketones is 1. The van der Waals surface area contributed by atoms with Crippen LogP contribution in [0.4, 0.5) is 0 Å². The average molecular weight is 679 g/mol. The van der Waals surface area contributed by atoms with Crippen molar-refractivity contribution in [1.82, 2.24) is 0 Å². The number of carbonyl (C=O) groups is 2. The molecule has 5 aromatic rings. The Morgan fingerprint density at radius 3 is 1.63 bits per heavy atom. The van der Waals surface area contributed by atoms with Crippen LogP contribution in [0.2, 0.25) is 0 Å². The van der Waals surface area contributed by atoms with E-state index in [1.807, 2.05) is 36.4 Å². The highest BCUT2D eigenvalue weighted by Gasteiger charge is 2.45. The van der Waals surface area contributed by atoms with Crippen molar-refractivity contribution in [3.8, 4) is 22.6 Å². The zero-order valence-corrected chi connectivity index (χ0v) is 27.7. The van der Waals surface area contributed by atoms with Gasteiger partial charge in [-0.25, -0.2) is 4.79 Å². The number of methoxy groups -OCH3 is 1. The standard InChI is InChI=1S/C39H34O9S/c1-26(40)27-23-28(25-33(24-27)49(42,43)44)38(41)48-22-21-47-32-17-13-30(14-18-32)39(29-11-15-31(16-12-29)46-20-19-45-2)36-9-5-3-7-34(36)35-8-4-6-10-37(35)39/h3-18,23-25H,19-22H2,1-2H3,(H,42,43,44). The summed E-state index contributed by atoms with van der Waals surface area (Å²) >= 11 is 0. The van der Waals surface area contributed by atoms with Gasteiger partial charge in [-0.15, -0.1) is 0 Å². The summed E-state index contributed by atoms with van der Waals surface area (Å²) in [5.41, 5.74) is 5.94. The van der Waals surface area contributed by atoms with Gasteiger partial charge in [0.15, 0.2) is 5.78 Å². The van der Waals surface area contributed by atoms with Crippen LogP contribution in [0.1, 0.15) is 49.9 Å². The van der Waals surface area contributed by atoms with Crippen molar-refractivity contribution in [2.75, 3.05) is 33.5 Å². The normalized spacial score (nSPS) is 12.9. The van der Waals surface area contributed by atoms with Crippen molar-refractivity contribution in [2.45, 2.75) is 17.2 Å². The number of Topliss-reactive ketones (excluding diaryl/α,β-unsaturated/α-hetero) is 1. The molecule has 250 valence electrons. The van der Waals surface area contributed by atoms with E-state index in [4.69, 9.17) is 18.9 Å². The van der Waals surface area contributed by atoms with Gasteiger partial charge in [-0.3, -0.25) is 9.35 Å². The summed E-state index contributed by atoms with van der Waals surface area (Å²) in [5, 5.41) is 0. The van der Waals surface area contributed by atoms with Crippen LogP contribution in [0.15, 0.2) is 120 Å². The maximum atomic E-state index is 12.7. The summed E-state index contributed by atoms with van der Waals surface area (Å²) in [6.07, 6.45) is 0. The Morgan fingerprint density at radius 1 is 0.653 bits per heavy atom. The molecular formula is C39H34O9S. The fourth-order valence-corrected chi connectivity index (χ4v) is 6.87. The first-order valence-corrected chi connectivity index (χ1v) is 17.0. The molecule has 0 saturated heterocycles. The van der Waals surface area contributed by atoms with E-state index in [-0.39, 0.29) is 24.3 Å². The molecule has 0 radical (unpaired) electrons. The van der Waals surface area contributed by atoms with Crippen LogP contribution < -0.4 is 9.47 Å². The summed E-state index contributed by atoms with van der Waals surface area (Å²) in [7, 11) is -3.00. The summed E-state index contributed by atoms with van der Waals surface area (Å²) in [5.74, 6) is -0.0155. The molecule has 9 nitrogen and oxygen atoms in total. The molecule has 0 aromatic heterocycles. The average Bonchev–Trinajstić information content (AvgIpc) is 3.41. The number of carbonyl (C=O) groups excluding carboxylic acids is 2. The quantitative estimate of drug-likeness (QED) is 0.0611. The van der Waals surface area contributed by atoms with E-state index in [9.17, 15) is 22.6 Å². The van der Waals surface area contributed by atoms with E-state index in [2.05, 4.69) is 60.7 Å². The molecule has 0 bridgehead atoms. The number of fused-ring (bicyclic) bond motifs is 3. The van der Waals surface area contributed by atoms with Gasteiger partial charge in [0.1, 0.15) is 31.3 Å². The lowest BCUT2D eigenvalue weighted by atomic mass is 9.68. The van der Waals surface area contributed by atoms with Crippen molar-refractivity contribution < 1.29 is 41.5 Å². The van der Waals surface area contributed by atoms with Gasteiger partial charge in [0.25, 0.3) is 10.1 Å². The van der Waals surface area contributed by atoms with Crippen molar-refractivity contribution >= 4 is 21.9 Å². The van der Waals surface area contributed by atoms with Gasteiger partial charge >= 0.3 is 5.97 Å². The second-order valence-electron chi connectivity index (χ2n) is 11.5. The van der Waals surface area contributed by atoms with E-state index in [0.717, 1.165) is 40.1 Å². The SMILES string of the molecule is COCCOc1ccc(C2(c3ccc(OCCOC(=O)c4cc(C(C)=O)cc(S(=O)(=O)O)c4)cc3)c3ccccc3-c3ccccc32)cc1. The molecule has 10 heteroatoms. The van der Waals surface area contributed by atoms with Crippen molar-refractivity contribution in [2.24, 2.45) is 0 Å². The summed E-state index contributed by atoms with van der Waals surface area (Å²) in [6, 6.07) is 36.0. The highest BCUT2D eigenvalue weighted by atomic mass is 32.2. The van der Waals surface area contributed by atoms with Crippen LogP contribution in [0.5, 0.6) is 11.5 Å². The second kappa shape index (κ2) is 14.1. The van der Waals surface area contributed by atoms with Crippen LogP contribution in [0, 0.1) is 0 Å². The van der Waals surface area contributed by atoms with Gasteiger partial charge in [-0.2, -0.15) is 8.42 Å². The summed E-state index contributed by atoms with van der Waals surface area (Å²) < 4.78 is 54.9. The Morgan fingerprint density at radius 2 is 1.14 bits per heavy atom. The van der Waals surface area contributed by atoms with Gasteiger partial charge in [0.05, 0.1) is 22.5 Å². The molecule has 0 saturated carbocycles. The molecule has 0 atom stereocenters. The Balaban J connectivity index is 1.23. The third kappa shape index (κ3) is 6.71. The molecule has 1 N–H and O–H groups in total. The fraction of sp³-hybridized carbons (Fsp3) is 0.179. The molecule has 0 heterocycles. The Hall–Kier alpha value is -5.29. The summed E-state index contributed by atoms with van der Waals surface area (Å²) in [4.78, 5) is 24.0. The molecule has 0 unspecified atom stereocenters. The Labute approximate surface area is 284 Å². The highest BCUT2D eigenvalue weighted by molar-refractivity contribution is 7.85. The molecule has 6 rings (SSSR count). The molecule has 49 heavy (non-hydrogen) atoms. The van der Waals surface area contributed by atoms with Crippen LogP contribution in [0.25, 0.3) is 11.1 Å². The molecule has 0 amide bonds. The first kappa shape index (κ1) is 33.6. The number of hydrogen-bond acceptors (Lipinski definition) is 8. The Bertz CT molecular complexity index is 2060. The fourth-order valence-electron chi connectivity index (χ4n) is 6.32. The van der Waals surface area contributed by atoms with Crippen LogP contribution in [-0.2, 0) is 25.0 Å². The minimum Gasteiger partial charge on any atom is -0.491 e. The number of hydrogen-bond donors (Lipinski definition) is 1. The van der Waals surface area contributed by atoms with Gasteiger partial charge in [-0.1, -0.05) is 72.8 Å². The molecule has 5 aromatic carbocycles. The number of rotatable bonds is 13. The first-order valence-electron chi connectivity index (χ1n) is 15.6. The molecule has 1 aliphatic carbocycles. The van der Waals surface area contributed by atoms with Crippen molar-refractivity contribution in [1.29, 1.82) is 0 Å². The minimum absolute atomic E-state index is 0.0178. The lowest BCUT2D eigenvalue weighted by Crippen LogP contribution is -2.28. The maximum Gasteiger partial charge on any atom is 0.338 e. The van der Waals surface area contributed by atoms with E-state index in [1.165, 1.54) is 24.1 Å². The molecule has 1 aliphatic rings. The third-order valence-corrected chi connectivity index (χ3v) is 9.35. The summed E-state index contributed by atoms with van der Waals surface area (Å²) in [6.45, 7) is 2.05. The highest BCUT2D eigenvalue weighted by Crippen LogP contribution is 2.56. The van der Waals surface area contributed by atoms with Crippen LogP contribution in [0.3, 0.4) is 0 Å². The lowest BCUT2D eigenvalue weighted by Gasteiger charge is -2.34. The largest absolute Gasteiger partial charge is 0.491 e. The van der Waals surface area contributed by atoms with Gasteiger partial charge in [0.2, 0.25) is 0 Å². The zero-order chi connectivity index (χ0) is 34.6. The van der Waals surface area contributed by atoms with Gasteiger partial charge < -0.3 is 18.9 Å². The topological polar surface area (TPSA) is 125 Å². The smallest absolute Gasteiger partial charge is 0.338 e.